The fraction of sp³-hybridized carbons (Fsp3) is 0.647. The summed E-state index contributed by atoms with van der Waals surface area (Å²) in [5, 5.41) is 36.3. The van der Waals surface area contributed by atoms with E-state index in [0.717, 1.165) is 6.42 Å². The fourth-order valence-corrected chi connectivity index (χ4v) is 2.77. The van der Waals surface area contributed by atoms with Crippen LogP contribution in [0.5, 0.6) is 0 Å². The van der Waals surface area contributed by atoms with Crippen molar-refractivity contribution in [2.24, 2.45) is 0 Å². The van der Waals surface area contributed by atoms with Gasteiger partial charge >= 0.3 is 17.9 Å². The van der Waals surface area contributed by atoms with E-state index >= 15 is 0 Å². The first kappa shape index (κ1) is 24.8. The summed E-state index contributed by atoms with van der Waals surface area (Å²) < 4.78 is 0. The molecule has 0 saturated carbocycles. The smallest absolute Gasteiger partial charge is 0.326 e. The van der Waals surface area contributed by atoms with Gasteiger partial charge in [-0.05, 0) is 32.7 Å². The maximum absolute atomic E-state index is 12.4. The standard InChI is InChI=1S/C17H26N4O9/c1-8(19-15(27)9-3-2-6-18-9)14(26)20-10(4-5-12(22)23)16(28)21-11(17(29)30)7-13(24)25/h8-11,18H,2-7H2,1H3,(H,19,27)(H,20,26)(H,21,28)(H,22,23)(H,24,25)(H,29,30). The molecule has 0 aromatic rings. The predicted octanol–water partition coefficient (Wildman–Crippen LogP) is -2.36. The van der Waals surface area contributed by atoms with E-state index in [2.05, 4.69) is 16.0 Å². The Labute approximate surface area is 171 Å². The highest BCUT2D eigenvalue weighted by Crippen LogP contribution is 2.06. The lowest BCUT2D eigenvalue weighted by molar-refractivity contribution is -0.147. The van der Waals surface area contributed by atoms with E-state index in [-0.39, 0.29) is 6.42 Å². The number of hydrogen-bond acceptors (Lipinski definition) is 7. The number of carbonyl (C=O) groups excluding carboxylic acids is 3. The van der Waals surface area contributed by atoms with E-state index < -0.39 is 72.6 Å². The summed E-state index contributed by atoms with van der Waals surface area (Å²) in [5.74, 6) is -6.54. The Bertz CT molecular complexity index is 691. The lowest BCUT2D eigenvalue weighted by Gasteiger charge is -2.23. The molecule has 4 atom stereocenters. The predicted molar refractivity (Wildman–Crippen MR) is 99.2 cm³/mol. The van der Waals surface area contributed by atoms with Crippen molar-refractivity contribution >= 4 is 35.6 Å². The largest absolute Gasteiger partial charge is 0.481 e. The van der Waals surface area contributed by atoms with Gasteiger partial charge in [0.25, 0.3) is 0 Å². The third-order valence-corrected chi connectivity index (χ3v) is 4.40. The summed E-state index contributed by atoms with van der Waals surface area (Å²) in [6.45, 7) is 2.05. The lowest BCUT2D eigenvalue weighted by Crippen LogP contribution is -2.56. The Hall–Kier alpha value is -3.22. The number of amides is 3. The van der Waals surface area contributed by atoms with Gasteiger partial charge in [-0.1, -0.05) is 0 Å². The summed E-state index contributed by atoms with van der Waals surface area (Å²) >= 11 is 0. The van der Waals surface area contributed by atoms with E-state index in [9.17, 15) is 28.8 Å². The molecule has 1 aliphatic rings. The molecular weight excluding hydrogens is 404 g/mol. The second-order valence-electron chi connectivity index (χ2n) is 6.87. The molecule has 7 N–H and O–H groups in total. The molecule has 0 aliphatic carbocycles. The molecule has 1 rings (SSSR count). The van der Waals surface area contributed by atoms with Gasteiger partial charge in [-0.15, -0.1) is 0 Å². The number of carbonyl (C=O) groups is 6. The highest BCUT2D eigenvalue weighted by Gasteiger charge is 2.30. The van der Waals surface area contributed by atoms with E-state index in [4.69, 9.17) is 15.3 Å². The van der Waals surface area contributed by atoms with Gasteiger partial charge in [-0.25, -0.2) is 4.79 Å². The van der Waals surface area contributed by atoms with E-state index in [1.807, 2.05) is 5.32 Å². The maximum atomic E-state index is 12.4. The van der Waals surface area contributed by atoms with Crippen LogP contribution in [0.25, 0.3) is 0 Å². The van der Waals surface area contributed by atoms with Crippen molar-refractivity contribution in [3.8, 4) is 0 Å². The van der Waals surface area contributed by atoms with Crippen molar-refractivity contribution < 1.29 is 44.1 Å². The third-order valence-electron chi connectivity index (χ3n) is 4.40. The van der Waals surface area contributed by atoms with Gasteiger partial charge < -0.3 is 36.6 Å². The minimum Gasteiger partial charge on any atom is -0.481 e. The van der Waals surface area contributed by atoms with Gasteiger partial charge in [0, 0.05) is 6.42 Å². The van der Waals surface area contributed by atoms with Gasteiger partial charge in [0.15, 0.2) is 0 Å². The molecule has 168 valence electrons. The molecule has 1 fully saturated rings. The molecule has 13 heteroatoms. The second kappa shape index (κ2) is 11.7. The average molecular weight is 430 g/mol. The van der Waals surface area contributed by atoms with Crippen molar-refractivity contribution in [1.82, 2.24) is 21.3 Å². The summed E-state index contributed by atoms with van der Waals surface area (Å²) in [5.41, 5.74) is 0. The molecule has 1 heterocycles. The van der Waals surface area contributed by atoms with Crippen LogP contribution in [0, 0.1) is 0 Å². The van der Waals surface area contributed by atoms with Gasteiger partial charge in [0.05, 0.1) is 12.5 Å². The molecule has 0 aromatic heterocycles. The summed E-state index contributed by atoms with van der Waals surface area (Å²) in [7, 11) is 0. The monoisotopic (exact) mass is 430 g/mol. The van der Waals surface area contributed by atoms with E-state index in [1.165, 1.54) is 6.92 Å². The van der Waals surface area contributed by atoms with Crippen LogP contribution in [0.4, 0.5) is 0 Å². The first-order valence-corrected chi connectivity index (χ1v) is 9.32. The Morgan fingerprint density at radius 1 is 0.933 bits per heavy atom. The van der Waals surface area contributed by atoms with Gasteiger partial charge in [0.1, 0.15) is 18.1 Å². The molecule has 3 amide bonds. The Morgan fingerprint density at radius 3 is 2.07 bits per heavy atom. The van der Waals surface area contributed by atoms with Crippen molar-refractivity contribution in [2.75, 3.05) is 6.54 Å². The second-order valence-corrected chi connectivity index (χ2v) is 6.87. The molecule has 0 aromatic carbocycles. The minimum absolute atomic E-state index is 0.364. The Kier molecular flexibility index (Phi) is 9.68. The van der Waals surface area contributed by atoms with E-state index in [1.54, 1.807) is 0 Å². The normalized spacial score (nSPS) is 18.5. The van der Waals surface area contributed by atoms with Crippen LogP contribution in [0.2, 0.25) is 0 Å². The number of aliphatic carboxylic acids is 3. The highest BCUT2D eigenvalue weighted by atomic mass is 16.4. The number of rotatable bonds is 12. The summed E-state index contributed by atoms with van der Waals surface area (Å²) in [6, 6.07) is -4.67. The minimum atomic E-state index is -1.76. The van der Waals surface area contributed by atoms with Crippen LogP contribution in [-0.4, -0.2) is 81.7 Å². The van der Waals surface area contributed by atoms with Crippen LogP contribution in [0.15, 0.2) is 0 Å². The van der Waals surface area contributed by atoms with E-state index in [0.29, 0.717) is 13.0 Å². The molecule has 0 spiro atoms. The molecule has 30 heavy (non-hydrogen) atoms. The first-order valence-electron chi connectivity index (χ1n) is 9.32. The van der Waals surface area contributed by atoms with Gasteiger partial charge in [-0.2, -0.15) is 0 Å². The Balaban J connectivity index is 2.77. The number of carboxylic acids is 3. The lowest BCUT2D eigenvalue weighted by atomic mass is 10.1. The average Bonchev–Trinajstić information content (AvgIpc) is 3.18. The zero-order valence-electron chi connectivity index (χ0n) is 16.3. The Morgan fingerprint density at radius 2 is 1.57 bits per heavy atom. The summed E-state index contributed by atoms with van der Waals surface area (Å²) in [4.78, 5) is 69.5. The molecule has 1 aliphatic heterocycles. The molecular formula is C17H26N4O9. The molecule has 13 nitrogen and oxygen atoms in total. The van der Waals surface area contributed by atoms with Crippen molar-refractivity contribution in [3.05, 3.63) is 0 Å². The molecule has 1 saturated heterocycles. The maximum Gasteiger partial charge on any atom is 0.326 e. The topological polar surface area (TPSA) is 211 Å². The van der Waals surface area contributed by atoms with Crippen LogP contribution in [0.3, 0.4) is 0 Å². The van der Waals surface area contributed by atoms with Crippen LogP contribution < -0.4 is 21.3 Å². The summed E-state index contributed by atoms with van der Waals surface area (Å²) in [6.07, 6.45) is -0.346. The molecule has 0 radical (unpaired) electrons. The van der Waals surface area contributed by atoms with Crippen molar-refractivity contribution in [1.29, 1.82) is 0 Å². The zero-order chi connectivity index (χ0) is 22.8. The van der Waals surface area contributed by atoms with Crippen molar-refractivity contribution in [3.63, 3.8) is 0 Å². The highest BCUT2D eigenvalue weighted by molar-refractivity contribution is 5.94. The van der Waals surface area contributed by atoms with Crippen molar-refractivity contribution in [2.45, 2.75) is 63.2 Å². The number of carboxylic acid groups (broad SMARTS) is 3. The third kappa shape index (κ3) is 8.43. The molecule has 0 bridgehead atoms. The number of nitrogens with one attached hydrogen (secondary N) is 4. The van der Waals surface area contributed by atoms with Crippen LogP contribution >= 0.6 is 0 Å². The fourth-order valence-electron chi connectivity index (χ4n) is 2.77. The van der Waals surface area contributed by atoms with Crippen LogP contribution in [-0.2, 0) is 28.8 Å². The number of hydrogen-bond donors (Lipinski definition) is 7. The van der Waals surface area contributed by atoms with Gasteiger partial charge in [0.2, 0.25) is 17.7 Å². The van der Waals surface area contributed by atoms with Gasteiger partial charge in [-0.3, -0.25) is 24.0 Å². The quantitative estimate of drug-likeness (QED) is 0.175. The van der Waals surface area contributed by atoms with Crippen LogP contribution in [0.1, 0.15) is 39.0 Å². The zero-order valence-corrected chi connectivity index (χ0v) is 16.3. The molecule has 4 unspecified atom stereocenters. The first-order chi connectivity index (χ1) is 14.0. The SMILES string of the molecule is CC(NC(=O)C1CCCN1)C(=O)NC(CCC(=O)O)C(=O)NC(CC(=O)O)C(=O)O.